The van der Waals surface area contributed by atoms with Crippen molar-refractivity contribution >= 4 is 15.9 Å². The average Bonchev–Trinajstić information content (AvgIpc) is 3.03. The van der Waals surface area contributed by atoms with E-state index in [9.17, 15) is 13.2 Å². The van der Waals surface area contributed by atoms with Crippen LogP contribution in [-0.4, -0.2) is 43.0 Å². The largest absolute Gasteiger partial charge is 0.360 e. The molecule has 110 valence electrons. The van der Waals surface area contributed by atoms with Gasteiger partial charge >= 0.3 is 0 Å². The van der Waals surface area contributed by atoms with E-state index in [1.54, 1.807) is 18.7 Å². The van der Waals surface area contributed by atoms with E-state index in [-0.39, 0.29) is 29.0 Å². The lowest BCUT2D eigenvalue weighted by atomic mass is 10.3. The number of aromatic nitrogens is 1. The van der Waals surface area contributed by atoms with Crippen LogP contribution in [0.3, 0.4) is 0 Å². The Morgan fingerprint density at radius 2 is 2.05 bits per heavy atom. The maximum absolute atomic E-state index is 12.3. The van der Waals surface area contributed by atoms with Gasteiger partial charge in [-0.15, -0.1) is 0 Å². The molecule has 2 heterocycles. The van der Waals surface area contributed by atoms with Crippen LogP contribution in [0.5, 0.6) is 0 Å². The predicted molar refractivity (Wildman–Crippen MR) is 69.4 cm³/mol. The topological polar surface area (TPSA) is 92.5 Å². The second kappa shape index (κ2) is 4.56. The zero-order valence-corrected chi connectivity index (χ0v) is 12.2. The van der Waals surface area contributed by atoms with Gasteiger partial charge in [0.25, 0.3) is 0 Å². The van der Waals surface area contributed by atoms with Crippen LogP contribution in [0, 0.1) is 13.8 Å². The van der Waals surface area contributed by atoms with Crippen molar-refractivity contribution in [1.29, 1.82) is 0 Å². The second-order valence-electron chi connectivity index (χ2n) is 5.45. The van der Waals surface area contributed by atoms with Gasteiger partial charge in [0, 0.05) is 25.0 Å². The number of hydrogen-bond acceptors (Lipinski definition) is 5. The number of hydrogen-bond donors (Lipinski definition) is 1. The molecule has 3 rings (SSSR count). The minimum atomic E-state index is -3.70. The number of likely N-dealkylation sites (tertiary alicyclic amines) is 1. The van der Waals surface area contributed by atoms with Crippen LogP contribution in [0.2, 0.25) is 0 Å². The number of carbonyl (C=O) groups excluding carboxylic acids is 1. The van der Waals surface area contributed by atoms with Gasteiger partial charge in [-0.2, -0.15) is 0 Å². The van der Waals surface area contributed by atoms with Gasteiger partial charge in [-0.05, 0) is 26.7 Å². The third-order valence-corrected chi connectivity index (χ3v) is 5.47. The third-order valence-electron chi connectivity index (χ3n) is 3.70. The van der Waals surface area contributed by atoms with Gasteiger partial charge in [0.05, 0.1) is 0 Å². The molecule has 20 heavy (non-hydrogen) atoms. The highest BCUT2D eigenvalue weighted by Gasteiger charge is 2.41. The van der Waals surface area contributed by atoms with Crippen molar-refractivity contribution in [2.24, 2.45) is 0 Å². The van der Waals surface area contributed by atoms with Gasteiger partial charge in [0.2, 0.25) is 15.9 Å². The van der Waals surface area contributed by atoms with Crippen molar-refractivity contribution in [3.05, 3.63) is 11.5 Å². The van der Waals surface area contributed by atoms with E-state index >= 15 is 0 Å². The van der Waals surface area contributed by atoms with Crippen molar-refractivity contribution in [2.45, 2.75) is 50.1 Å². The molecule has 1 amide bonds. The monoisotopic (exact) mass is 299 g/mol. The number of sulfonamides is 1. The van der Waals surface area contributed by atoms with E-state index in [2.05, 4.69) is 9.88 Å². The molecule has 0 radical (unpaired) electrons. The lowest BCUT2D eigenvalue weighted by molar-refractivity contribution is -0.128. The van der Waals surface area contributed by atoms with E-state index in [0.717, 1.165) is 12.8 Å². The predicted octanol–water partition coefficient (Wildman–Crippen LogP) is 0.333. The molecule has 0 bridgehead atoms. The van der Waals surface area contributed by atoms with Crippen molar-refractivity contribution in [1.82, 2.24) is 14.8 Å². The summed E-state index contributed by atoms with van der Waals surface area (Å²) in [5.41, 5.74) is 0.332. The number of carbonyl (C=O) groups is 1. The summed E-state index contributed by atoms with van der Waals surface area (Å²) in [6.07, 6.45) is 2.27. The zero-order valence-electron chi connectivity index (χ0n) is 11.4. The van der Waals surface area contributed by atoms with Crippen LogP contribution >= 0.6 is 0 Å². The first-order chi connectivity index (χ1) is 9.38. The molecule has 1 aromatic heterocycles. The van der Waals surface area contributed by atoms with Gasteiger partial charge in [0.1, 0.15) is 10.6 Å². The fourth-order valence-corrected chi connectivity index (χ4v) is 4.24. The van der Waals surface area contributed by atoms with Crippen molar-refractivity contribution in [3.63, 3.8) is 0 Å². The lowest BCUT2D eigenvalue weighted by Gasteiger charge is -2.16. The van der Waals surface area contributed by atoms with Gasteiger partial charge < -0.3 is 9.42 Å². The standard InChI is InChI=1S/C12H17N3O4S/c1-7-12(8(2)19-13-7)20(17,18)14-9-5-11(16)15(6-9)10-3-4-10/h9-10,14H,3-6H2,1-2H3. The maximum Gasteiger partial charge on any atom is 0.246 e. The highest BCUT2D eigenvalue weighted by molar-refractivity contribution is 7.89. The molecule has 0 aromatic carbocycles. The van der Waals surface area contributed by atoms with Crippen molar-refractivity contribution in [2.75, 3.05) is 6.54 Å². The van der Waals surface area contributed by atoms with Crippen LogP contribution in [0.4, 0.5) is 0 Å². The Morgan fingerprint density at radius 3 is 2.60 bits per heavy atom. The second-order valence-corrected chi connectivity index (χ2v) is 7.10. The van der Waals surface area contributed by atoms with Crippen LogP contribution in [0.15, 0.2) is 9.42 Å². The normalized spacial score (nSPS) is 23.6. The van der Waals surface area contributed by atoms with Gasteiger partial charge in [0.15, 0.2) is 5.76 Å². The number of aryl methyl sites for hydroxylation is 2. The number of nitrogens with zero attached hydrogens (tertiary/aromatic N) is 2. The Balaban J connectivity index is 1.76. The van der Waals surface area contributed by atoms with E-state index in [0.29, 0.717) is 18.3 Å². The van der Waals surface area contributed by atoms with E-state index < -0.39 is 10.0 Å². The summed E-state index contributed by atoms with van der Waals surface area (Å²) >= 11 is 0. The third kappa shape index (κ3) is 2.33. The summed E-state index contributed by atoms with van der Waals surface area (Å²) in [7, 11) is -3.70. The summed E-state index contributed by atoms with van der Waals surface area (Å²) in [4.78, 5) is 13.7. The molecule has 1 atom stereocenters. The van der Waals surface area contributed by atoms with Crippen LogP contribution in [-0.2, 0) is 14.8 Å². The number of rotatable bonds is 4. The molecule has 2 fully saturated rings. The minimum absolute atomic E-state index is 0.0268. The van der Waals surface area contributed by atoms with E-state index in [4.69, 9.17) is 4.52 Å². The fourth-order valence-electron chi connectivity index (χ4n) is 2.69. The molecular weight excluding hydrogens is 282 g/mol. The Labute approximate surface area is 117 Å². The van der Waals surface area contributed by atoms with Gasteiger partial charge in [-0.1, -0.05) is 5.16 Å². The van der Waals surface area contributed by atoms with Gasteiger partial charge in [-0.25, -0.2) is 13.1 Å². The van der Waals surface area contributed by atoms with Crippen LogP contribution in [0.1, 0.15) is 30.7 Å². The smallest absolute Gasteiger partial charge is 0.246 e. The highest BCUT2D eigenvalue weighted by Crippen LogP contribution is 2.31. The highest BCUT2D eigenvalue weighted by atomic mass is 32.2. The first-order valence-electron chi connectivity index (χ1n) is 6.63. The van der Waals surface area contributed by atoms with Crippen molar-refractivity contribution < 1.29 is 17.7 Å². The fraction of sp³-hybridized carbons (Fsp3) is 0.667. The van der Waals surface area contributed by atoms with E-state index in [1.807, 2.05) is 0 Å². The molecule has 1 aromatic rings. The van der Waals surface area contributed by atoms with Crippen molar-refractivity contribution in [3.8, 4) is 0 Å². The Kier molecular flexibility index (Phi) is 3.09. The molecular formula is C12H17N3O4S. The summed E-state index contributed by atoms with van der Waals surface area (Å²) in [5.74, 6) is 0.289. The quantitative estimate of drug-likeness (QED) is 0.865. The average molecular weight is 299 g/mol. The minimum Gasteiger partial charge on any atom is -0.360 e. The molecule has 0 spiro atoms. The van der Waals surface area contributed by atoms with Gasteiger partial charge in [-0.3, -0.25) is 4.79 Å². The molecule has 1 saturated heterocycles. The molecule has 1 N–H and O–H groups in total. The zero-order chi connectivity index (χ0) is 14.5. The summed E-state index contributed by atoms with van der Waals surface area (Å²) in [5, 5.41) is 3.65. The number of amides is 1. The molecule has 1 aliphatic heterocycles. The first kappa shape index (κ1) is 13.6. The first-order valence-corrected chi connectivity index (χ1v) is 8.11. The van der Waals surface area contributed by atoms with E-state index in [1.165, 1.54) is 0 Å². The SMILES string of the molecule is Cc1noc(C)c1S(=O)(=O)NC1CC(=O)N(C2CC2)C1. The molecule has 2 aliphatic rings. The molecule has 8 heteroatoms. The summed E-state index contributed by atoms with van der Waals surface area (Å²) < 4.78 is 32.2. The summed E-state index contributed by atoms with van der Waals surface area (Å²) in [6.45, 7) is 3.60. The molecule has 1 aliphatic carbocycles. The van der Waals surface area contributed by atoms with Crippen LogP contribution in [0.25, 0.3) is 0 Å². The Morgan fingerprint density at radius 1 is 1.35 bits per heavy atom. The lowest BCUT2D eigenvalue weighted by Crippen LogP contribution is -2.37. The molecule has 1 saturated carbocycles. The summed E-state index contributed by atoms with van der Waals surface area (Å²) in [6, 6.07) is -0.0575. The van der Waals surface area contributed by atoms with Crippen LogP contribution < -0.4 is 4.72 Å². The number of nitrogens with one attached hydrogen (secondary N) is 1. The maximum atomic E-state index is 12.3. The molecule has 7 nitrogen and oxygen atoms in total. The Bertz CT molecular complexity index is 628. The Hall–Kier alpha value is -1.41. The molecule has 1 unspecified atom stereocenters.